The van der Waals surface area contributed by atoms with Gasteiger partial charge in [0.15, 0.2) is 11.6 Å². The van der Waals surface area contributed by atoms with Crippen LogP contribution in [-0.2, 0) is 0 Å². The molecular weight excluding hydrogens is 231 g/mol. The van der Waals surface area contributed by atoms with Crippen LogP contribution in [0.3, 0.4) is 0 Å². The van der Waals surface area contributed by atoms with Crippen LogP contribution in [0.15, 0.2) is 18.2 Å². The zero-order chi connectivity index (χ0) is 13.4. The van der Waals surface area contributed by atoms with Gasteiger partial charge in [0.2, 0.25) is 0 Å². The Bertz CT molecular complexity index is 358. The predicted octanol–water partition coefficient (Wildman–Crippen LogP) is 3.15. The van der Waals surface area contributed by atoms with Crippen molar-refractivity contribution in [3.05, 3.63) is 24.0 Å². The Kier molecular flexibility index (Phi) is 6.50. The minimum Gasteiger partial charge on any atom is -0.494 e. The highest BCUT2D eigenvalue weighted by atomic mass is 19.1. The van der Waals surface area contributed by atoms with E-state index in [1.807, 2.05) is 0 Å². The Balaban J connectivity index is 2.58. The molecule has 0 saturated carbocycles. The first-order valence-corrected chi connectivity index (χ1v) is 6.51. The summed E-state index contributed by atoms with van der Waals surface area (Å²) in [6.07, 6.45) is 4.60. The lowest BCUT2D eigenvalue weighted by Gasteiger charge is -2.18. The van der Waals surface area contributed by atoms with Gasteiger partial charge in [-0.2, -0.15) is 0 Å². The molecule has 0 aromatic heterocycles. The number of nitrogens with two attached hydrogens (primary N) is 1. The Morgan fingerprint density at radius 3 is 2.78 bits per heavy atom. The average Bonchev–Trinajstić information content (AvgIpc) is 2.39. The molecule has 1 aromatic carbocycles. The molecule has 0 saturated heterocycles. The molecule has 0 aliphatic rings. The largest absolute Gasteiger partial charge is 0.494 e. The Morgan fingerprint density at radius 1 is 1.39 bits per heavy atom. The fourth-order valence-electron chi connectivity index (χ4n) is 1.87. The van der Waals surface area contributed by atoms with Gasteiger partial charge in [0.1, 0.15) is 0 Å². The van der Waals surface area contributed by atoms with E-state index in [9.17, 15) is 4.39 Å². The molecule has 1 unspecified atom stereocenters. The number of unbranched alkanes of at least 4 members (excludes halogenated alkanes) is 2. The lowest BCUT2D eigenvalue weighted by molar-refractivity contribution is 0.386. The van der Waals surface area contributed by atoms with E-state index in [4.69, 9.17) is 10.5 Å². The molecule has 0 radical (unpaired) electrons. The maximum atomic E-state index is 13.3. The molecule has 0 fully saturated rings. The highest BCUT2D eigenvalue weighted by Gasteiger charge is 2.08. The molecule has 0 aliphatic heterocycles. The lowest BCUT2D eigenvalue weighted by Crippen LogP contribution is -2.28. The van der Waals surface area contributed by atoms with Crippen molar-refractivity contribution in [3.8, 4) is 5.75 Å². The Labute approximate surface area is 109 Å². The zero-order valence-corrected chi connectivity index (χ0v) is 11.2. The quantitative estimate of drug-likeness (QED) is 0.701. The van der Waals surface area contributed by atoms with Crippen molar-refractivity contribution in [1.82, 2.24) is 0 Å². The number of nitrogens with one attached hydrogen (secondary N) is 1. The van der Waals surface area contributed by atoms with Crippen molar-refractivity contribution in [1.29, 1.82) is 0 Å². The third-order valence-electron chi connectivity index (χ3n) is 2.96. The van der Waals surface area contributed by atoms with E-state index in [1.54, 1.807) is 12.1 Å². The SMILES string of the molecule is CCCCCC(CN)Nc1ccc(F)c(OC)c1. The molecule has 0 aliphatic carbocycles. The smallest absolute Gasteiger partial charge is 0.165 e. The van der Waals surface area contributed by atoms with Gasteiger partial charge in [-0.1, -0.05) is 26.2 Å². The van der Waals surface area contributed by atoms with Gasteiger partial charge >= 0.3 is 0 Å². The van der Waals surface area contributed by atoms with Crippen LogP contribution in [0, 0.1) is 5.82 Å². The average molecular weight is 254 g/mol. The number of halogens is 1. The maximum absolute atomic E-state index is 13.3. The van der Waals surface area contributed by atoms with Gasteiger partial charge in [0, 0.05) is 24.3 Å². The molecule has 0 heterocycles. The lowest BCUT2D eigenvalue weighted by atomic mass is 10.1. The maximum Gasteiger partial charge on any atom is 0.165 e. The van der Waals surface area contributed by atoms with Gasteiger partial charge in [-0.15, -0.1) is 0 Å². The van der Waals surface area contributed by atoms with Crippen LogP contribution in [0.4, 0.5) is 10.1 Å². The minimum atomic E-state index is -0.349. The first kappa shape index (κ1) is 14.8. The molecule has 1 aromatic rings. The molecule has 4 heteroatoms. The van der Waals surface area contributed by atoms with Gasteiger partial charge in [0.05, 0.1) is 7.11 Å². The number of hydrogen-bond donors (Lipinski definition) is 2. The first-order valence-electron chi connectivity index (χ1n) is 6.51. The molecule has 102 valence electrons. The fourth-order valence-corrected chi connectivity index (χ4v) is 1.87. The van der Waals surface area contributed by atoms with E-state index in [-0.39, 0.29) is 17.6 Å². The number of benzene rings is 1. The third-order valence-corrected chi connectivity index (χ3v) is 2.96. The standard InChI is InChI=1S/C14H23FN2O/c1-3-4-5-6-12(10-16)17-11-7-8-13(15)14(9-11)18-2/h7-9,12,17H,3-6,10,16H2,1-2H3. The minimum absolute atomic E-state index is 0.228. The van der Waals surface area contributed by atoms with E-state index in [1.165, 1.54) is 26.0 Å². The van der Waals surface area contributed by atoms with E-state index < -0.39 is 0 Å². The molecule has 18 heavy (non-hydrogen) atoms. The van der Waals surface area contributed by atoms with Crippen LogP contribution in [0.2, 0.25) is 0 Å². The number of rotatable bonds is 8. The van der Waals surface area contributed by atoms with Crippen LogP contribution in [0.5, 0.6) is 5.75 Å². The van der Waals surface area contributed by atoms with Crippen molar-refractivity contribution in [2.24, 2.45) is 5.73 Å². The molecule has 0 amide bonds. The van der Waals surface area contributed by atoms with Crippen molar-refractivity contribution >= 4 is 5.69 Å². The highest BCUT2D eigenvalue weighted by Crippen LogP contribution is 2.22. The second-order valence-corrected chi connectivity index (χ2v) is 4.42. The fraction of sp³-hybridized carbons (Fsp3) is 0.571. The van der Waals surface area contributed by atoms with Gasteiger partial charge < -0.3 is 15.8 Å². The Morgan fingerprint density at radius 2 is 2.17 bits per heavy atom. The molecule has 0 bridgehead atoms. The van der Waals surface area contributed by atoms with Crippen LogP contribution < -0.4 is 15.8 Å². The number of anilines is 1. The summed E-state index contributed by atoms with van der Waals surface area (Å²) in [5.41, 5.74) is 6.58. The van der Waals surface area contributed by atoms with E-state index in [0.29, 0.717) is 6.54 Å². The molecule has 3 N–H and O–H groups in total. The normalized spacial score (nSPS) is 12.2. The summed E-state index contributed by atoms with van der Waals surface area (Å²) >= 11 is 0. The highest BCUT2D eigenvalue weighted by molar-refractivity contribution is 5.49. The molecular formula is C14H23FN2O. The van der Waals surface area contributed by atoms with E-state index >= 15 is 0 Å². The Hall–Kier alpha value is -1.29. The van der Waals surface area contributed by atoms with Crippen LogP contribution in [0.25, 0.3) is 0 Å². The second kappa shape index (κ2) is 7.93. The van der Waals surface area contributed by atoms with Gasteiger partial charge in [-0.3, -0.25) is 0 Å². The monoisotopic (exact) mass is 254 g/mol. The molecule has 1 atom stereocenters. The molecule has 1 rings (SSSR count). The summed E-state index contributed by atoms with van der Waals surface area (Å²) < 4.78 is 18.2. The third kappa shape index (κ3) is 4.53. The topological polar surface area (TPSA) is 47.3 Å². The number of hydrogen-bond acceptors (Lipinski definition) is 3. The van der Waals surface area contributed by atoms with Crippen molar-refractivity contribution < 1.29 is 9.13 Å². The first-order chi connectivity index (χ1) is 8.71. The summed E-state index contributed by atoms with van der Waals surface area (Å²) in [5, 5.41) is 3.32. The van der Waals surface area contributed by atoms with Crippen LogP contribution in [-0.4, -0.2) is 19.7 Å². The van der Waals surface area contributed by atoms with Gasteiger partial charge in [-0.05, 0) is 18.6 Å². The molecule has 3 nitrogen and oxygen atoms in total. The van der Waals surface area contributed by atoms with Crippen LogP contribution >= 0.6 is 0 Å². The summed E-state index contributed by atoms with van der Waals surface area (Å²) in [4.78, 5) is 0. The summed E-state index contributed by atoms with van der Waals surface area (Å²) in [6, 6.07) is 5.01. The van der Waals surface area contributed by atoms with Crippen LogP contribution in [0.1, 0.15) is 32.6 Å². The summed E-state index contributed by atoms with van der Waals surface area (Å²) in [5.74, 6) is -0.0948. The second-order valence-electron chi connectivity index (χ2n) is 4.42. The predicted molar refractivity (Wildman–Crippen MR) is 73.6 cm³/mol. The number of methoxy groups -OCH3 is 1. The summed E-state index contributed by atoms with van der Waals surface area (Å²) in [6.45, 7) is 2.75. The van der Waals surface area contributed by atoms with Gasteiger partial charge in [-0.25, -0.2) is 4.39 Å². The van der Waals surface area contributed by atoms with Gasteiger partial charge in [0.25, 0.3) is 0 Å². The van der Waals surface area contributed by atoms with E-state index in [2.05, 4.69) is 12.2 Å². The van der Waals surface area contributed by atoms with E-state index in [0.717, 1.165) is 18.5 Å². The zero-order valence-electron chi connectivity index (χ0n) is 11.2. The van der Waals surface area contributed by atoms with Crippen molar-refractivity contribution in [2.45, 2.75) is 38.6 Å². The number of ether oxygens (including phenoxy) is 1. The molecule has 0 spiro atoms. The van der Waals surface area contributed by atoms with Crippen molar-refractivity contribution in [3.63, 3.8) is 0 Å². The summed E-state index contributed by atoms with van der Waals surface area (Å²) in [7, 11) is 1.46. The van der Waals surface area contributed by atoms with Crippen molar-refractivity contribution in [2.75, 3.05) is 19.0 Å².